The number of halogens is 4. The number of hydrogen-bond acceptors (Lipinski definition) is 4. The van der Waals surface area contributed by atoms with E-state index in [9.17, 15) is 30.8 Å². The Morgan fingerprint density at radius 2 is 1.70 bits per heavy atom. The van der Waals surface area contributed by atoms with Gasteiger partial charge in [0.05, 0.1) is 23.7 Å². The average Bonchev–Trinajstić information content (AvgIpc) is 3.04. The van der Waals surface area contributed by atoms with Gasteiger partial charge in [-0.1, -0.05) is 0 Å². The SMILES string of the molecule is O=C([C@H]1C[C@@H](F)CN1S(=O)(=O)c1ccc(C(F)(F)F)cc1)N1CCOCC1. The number of alkyl halides is 4. The second kappa shape index (κ2) is 7.36. The lowest BCUT2D eigenvalue weighted by atomic mass is 10.2. The van der Waals surface area contributed by atoms with Crippen molar-refractivity contribution < 1.29 is 35.5 Å². The van der Waals surface area contributed by atoms with Crippen LogP contribution in [0.2, 0.25) is 0 Å². The van der Waals surface area contributed by atoms with Gasteiger partial charge in [0.15, 0.2) is 0 Å². The van der Waals surface area contributed by atoms with Crippen molar-refractivity contribution in [2.45, 2.75) is 29.7 Å². The van der Waals surface area contributed by atoms with Gasteiger partial charge >= 0.3 is 6.18 Å². The van der Waals surface area contributed by atoms with Crippen molar-refractivity contribution in [1.29, 1.82) is 0 Å². The van der Waals surface area contributed by atoms with Crippen LogP contribution in [0.3, 0.4) is 0 Å². The van der Waals surface area contributed by atoms with Crippen molar-refractivity contribution in [3.63, 3.8) is 0 Å². The number of hydrogen-bond donors (Lipinski definition) is 0. The molecule has 2 aliphatic rings. The molecule has 27 heavy (non-hydrogen) atoms. The van der Waals surface area contributed by atoms with E-state index in [4.69, 9.17) is 4.74 Å². The smallest absolute Gasteiger partial charge is 0.378 e. The van der Waals surface area contributed by atoms with Gasteiger partial charge in [0.25, 0.3) is 0 Å². The lowest BCUT2D eigenvalue weighted by Crippen LogP contribution is -2.50. The van der Waals surface area contributed by atoms with Gasteiger partial charge in [0.2, 0.25) is 15.9 Å². The van der Waals surface area contributed by atoms with Crippen LogP contribution < -0.4 is 0 Å². The van der Waals surface area contributed by atoms with E-state index in [1.54, 1.807) is 0 Å². The molecule has 1 amide bonds. The number of rotatable bonds is 3. The number of ether oxygens (including phenoxy) is 1. The number of carbonyl (C=O) groups is 1. The fourth-order valence-corrected chi connectivity index (χ4v) is 4.81. The van der Waals surface area contributed by atoms with E-state index >= 15 is 0 Å². The summed E-state index contributed by atoms with van der Waals surface area (Å²) >= 11 is 0. The average molecular weight is 410 g/mol. The molecule has 0 aromatic heterocycles. The third-order valence-electron chi connectivity index (χ3n) is 4.60. The molecule has 2 fully saturated rings. The van der Waals surface area contributed by atoms with Crippen LogP contribution in [0.25, 0.3) is 0 Å². The first-order valence-corrected chi connectivity index (χ1v) is 9.74. The number of carbonyl (C=O) groups excluding carboxylic acids is 1. The van der Waals surface area contributed by atoms with Crippen molar-refractivity contribution in [2.75, 3.05) is 32.8 Å². The molecule has 0 N–H and O–H groups in total. The topological polar surface area (TPSA) is 66.9 Å². The highest BCUT2D eigenvalue weighted by Crippen LogP contribution is 2.32. The quantitative estimate of drug-likeness (QED) is 0.711. The van der Waals surface area contributed by atoms with Gasteiger partial charge in [-0.25, -0.2) is 12.8 Å². The summed E-state index contributed by atoms with van der Waals surface area (Å²) in [6, 6.07) is 1.72. The van der Waals surface area contributed by atoms with Crippen LogP contribution in [0, 0.1) is 0 Å². The molecular weight excluding hydrogens is 392 g/mol. The van der Waals surface area contributed by atoms with Gasteiger partial charge in [0.1, 0.15) is 12.2 Å². The van der Waals surface area contributed by atoms with Gasteiger partial charge in [0, 0.05) is 26.1 Å². The van der Waals surface area contributed by atoms with Crippen LogP contribution in [-0.4, -0.2) is 68.6 Å². The van der Waals surface area contributed by atoms with E-state index in [1.165, 1.54) is 4.90 Å². The fourth-order valence-electron chi connectivity index (χ4n) is 3.19. The van der Waals surface area contributed by atoms with Crippen molar-refractivity contribution >= 4 is 15.9 Å². The van der Waals surface area contributed by atoms with Crippen LogP contribution in [0.4, 0.5) is 17.6 Å². The van der Waals surface area contributed by atoms with E-state index in [0.717, 1.165) is 16.4 Å². The molecule has 0 bridgehead atoms. The molecule has 0 aliphatic carbocycles. The number of amides is 1. The number of sulfonamides is 1. The molecule has 0 saturated carbocycles. The molecule has 2 heterocycles. The maximum absolute atomic E-state index is 14.0. The van der Waals surface area contributed by atoms with Crippen LogP contribution in [0.15, 0.2) is 29.2 Å². The Kier molecular flexibility index (Phi) is 5.46. The van der Waals surface area contributed by atoms with Crippen molar-refractivity contribution in [2.24, 2.45) is 0 Å². The molecule has 1 aromatic carbocycles. The second-order valence-electron chi connectivity index (χ2n) is 6.38. The summed E-state index contributed by atoms with van der Waals surface area (Å²) in [7, 11) is -4.32. The first-order valence-electron chi connectivity index (χ1n) is 8.30. The van der Waals surface area contributed by atoms with Crippen LogP contribution in [0.5, 0.6) is 0 Å². The predicted molar refractivity (Wildman–Crippen MR) is 86.0 cm³/mol. The summed E-state index contributed by atoms with van der Waals surface area (Å²) in [6.07, 6.45) is -6.41. The molecule has 0 spiro atoms. The molecule has 0 unspecified atom stereocenters. The predicted octanol–water partition coefficient (Wildman–Crippen LogP) is 1.67. The first-order chi connectivity index (χ1) is 12.6. The van der Waals surface area contributed by atoms with E-state index in [-0.39, 0.29) is 19.5 Å². The Hall–Kier alpha value is -1.72. The van der Waals surface area contributed by atoms with Gasteiger partial charge in [-0.05, 0) is 24.3 Å². The molecule has 11 heteroatoms. The molecule has 3 rings (SSSR count). The summed E-state index contributed by atoms with van der Waals surface area (Å²) in [5.74, 6) is -0.520. The molecule has 2 saturated heterocycles. The Balaban J connectivity index is 1.86. The lowest BCUT2D eigenvalue weighted by molar-refractivity contribution is -0.139. The molecular formula is C16H18F4N2O4S. The third kappa shape index (κ3) is 4.09. The Morgan fingerprint density at radius 1 is 1.11 bits per heavy atom. The van der Waals surface area contributed by atoms with E-state index < -0.39 is 51.3 Å². The first kappa shape index (κ1) is 20.0. The summed E-state index contributed by atoms with van der Waals surface area (Å²) in [5.41, 5.74) is -0.993. The van der Waals surface area contributed by atoms with E-state index in [1.807, 2.05) is 0 Å². The zero-order valence-corrected chi connectivity index (χ0v) is 15.0. The molecule has 2 atom stereocenters. The minimum Gasteiger partial charge on any atom is -0.378 e. The zero-order chi connectivity index (χ0) is 19.8. The molecule has 1 aromatic rings. The van der Waals surface area contributed by atoms with E-state index in [0.29, 0.717) is 25.3 Å². The Bertz CT molecular complexity index is 792. The molecule has 150 valence electrons. The fraction of sp³-hybridized carbons (Fsp3) is 0.562. The monoisotopic (exact) mass is 410 g/mol. The van der Waals surface area contributed by atoms with Crippen LogP contribution in [0.1, 0.15) is 12.0 Å². The normalized spacial score (nSPS) is 25.0. The highest BCUT2D eigenvalue weighted by atomic mass is 32.2. The zero-order valence-electron chi connectivity index (χ0n) is 14.2. The Morgan fingerprint density at radius 3 is 2.26 bits per heavy atom. The molecule has 2 aliphatic heterocycles. The second-order valence-corrected chi connectivity index (χ2v) is 8.27. The summed E-state index contributed by atoms with van der Waals surface area (Å²) in [6.45, 7) is 0.664. The number of benzene rings is 1. The van der Waals surface area contributed by atoms with Crippen LogP contribution >= 0.6 is 0 Å². The van der Waals surface area contributed by atoms with Gasteiger partial charge in [-0.3, -0.25) is 4.79 Å². The van der Waals surface area contributed by atoms with Crippen molar-refractivity contribution in [3.05, 3.63) is 29.8 Å². The largest absolute Gasteiger partial charge is 0.416 e. The van der Waals surface area contributed by atoms with Crippen molar-refractivity contribution in [1.82, 2.24) is 9.21 Å². The third-order valence-corrected chi connectivity index (χ3v) is 6.49. The molecule has 6 nitrogen and oxygen atoms in total. The summed E-state index contributed by atoms with van der Waals surface area (Å²) < 4.78 is 83.5. The van der Waals surface area contributed by atoms with Gasteiger partial charge < -0.3 is 9.64 Å². The standard InChI is InChI=1S/C16H18F4N2O4S/c17-12-9-14(15(23)21-5-7-26-8-6-21)22(10-12)27(24,25)13-3-1-11(2-4-13)16(18,19)20/h1-4,12,14H,5-10H2/t12-,14-/m1/s1. The highest BCUT2D eigenvalue weighted by Gasteiger charge is 2.45. The maximum atomic E-state index is 14.0. The number of nitrogens with zero attached hydrogens (tertiary/aromatic N) is 2. The van der Waals surface area contributed by atoms with Crippen LogP contribution in [-0.2, 0) is 25.7 Å². The minimum absolute atomic E-state index is 0.278. The minimum atomic E-state index is -4.60. The van der Waals surface area contributed by atoms with Gasteiger partial charge in [-0.2, -0.15) is 17.5 Å². The maximum Gasteiger partial charge on any atom is 0.416 e. The summed E-state index contributed by atoms with van der Waals surface area (Å²) in [5, 5.41) is 0. The Labute approximate surface area is 153 Å². The van der Waals surface area contributed by atoms with Gasteiger partial charge in [-0.15, -0.1) is 0 Å². The lowest BCUT2D eigenvalue weighted by Gasteiger charge is -2.32. The molecule has 0 radical (unpaired) electrons. The van der Waals surface area contributed by atoms with Crippen molar-refractivity contribution in [3.8, 4) is 0 Å². The highest BCUT2D eigenvalue weighted by molar-refractivity contribution is 7.89. The van der Waals surface area contributed by atoms with E-state index in [2.05, 4.69) is 0 Å². The summed E-state index contributed by atoms with van der Waals surface area (Å²) in [4.78, 5) is 13.7. The number of morpholine rings is 1.